The highest BCUT2D eigenvalue weighted by Crippen LogP contribution is 2.17. The van der Waals surface area contributed by atoms with Gasteiger partial charge in [0.15, 0.2) is 5.78 Å². The molecule has 0 fully saturated rings. The Kier molecular flexibility index (Phi) is 9.29. The predicted molar refractivity (Wildman–Crippen MR) is 96.2 cm³/mol. The molecule has 1 aromatic carbocycles. The monoisotopic (exact) mass is 301 g/mol. The van der Waals surface area contributed by atoms with Gasteiger partial charge >= 0.3 is 0 Å². The molecule has 0 unspecified atom stereocenters. The molecule has 0 aliphatic heterocycles. The van der Waals surface area contributed by atoms with Crippen molar-refractivity contribution >= 4 is 11.5 Å². The second kappa shape index (κ2) is 11.1. The highest BCUT2D eigenvalue weighted by atomic mass is 16.1. The van der Waals surface area contributed by atoms with Crippen LogP contribution in [0.5, 0.6) is 0 Å². The maximum Gasteiger partial charge on any atom is 0.154 e. The molecule has 0 saturated carbocycles. The van der Waals surface area contributed by atoms with Crippen LogP contribution in [0.2, 0.25) is 0 Å². The van der Waals surface area contributed by atoms with Gasteiger partial charge in [0.25, 0.3) is 0 Å². The Hall–Kier alpha value is -1.57. The number of carbonyl (C=O) groups is 1. The van der Waals surface area contributed by atoms with Gasteiger partial charge in [0, 0.05) is 17.5 Å². The number of ketones is 1. The summed E-state index contributed by atoms with van der Waals surface area (Å²) in [7, 11) is 0. The topological polar surface area (TPSA) is 29.1 Å². The second-order valence-corrected chi connectivity index (χ2v) is 6.02. The van der Waals surface area contributed by atoms with Gasteiger partial charge in [-0.2, -0.15) is 0 Å². The third-order valence-corrected chi connectivity index (χ3v) is 3.72. The van der Waals surface area contributed by atoms with Crippen molar-refractivity contribution in [1.82, 2.24) is 0 Å². The molecule has 0 aromatic heterocycles. The molecule has 1 N–H and O–H groups in total. The molecule has 0 radical (unpaired) electrons. The van der Waals surface area contributed by atoms with Crippen molar-refractivity contribution < 1.29 is 4.79 Å². The fourth-order valence-corrected chi connectivity index (χ4v) is 2.56. The molecule has 0 aliphatic rings. The van der Waals surface area contributed by atoms with Crippen molar-refractivity contribution in [1.29, 1.82) is 0 Å². The fraction of sp³-hybridized carbons (Fsp3) is 0.550. The van der Waals surface area contributed by atoms with E-state index in [1.165, 1.54) is 37.7 Å². The number of carbonyl (C=O) groups excluding carboxylic acids is 1. The number of anilines is 1. The minimum atomic E-state index is 0.110. The Bertz CT molecular complexity index is 459. The van der Waals surface area contributed by atoms with Crippen molar-refractivity contribution in [3.05, 3.63) is 41.6 Å². The molecule has 0 heterocycles. The first kappa shape index (κ1) is 18.5. The summed E-state index contributed by atoms with van der Waals surface area (Å²) in [4.78, 5) is 11.4. The van der Waals surface area contributed by atoms with Crippen LogP contribution in [-0.4, -0.2) is 5.78 Å². The molecule has 2 heteroatoms. The van der Waals surface area contributed by atoms with Crippen molar-refractivity contribution in [2.45, 2.75) is 72.1 Å². The molecule has 0 spiro atoms. The lowest BCUT2D eigenvalue weighted by atomic mass is 10.1. The van der Waals surface area contributed by atoms with E-state index in [0.29, 0.717) is 0 Å². The number of nitrogens with one attached hydrogen (secondary N) is 1. The van der Waals surface area contributed by atoms with Crippen LogP contribution in [0.4, 0.5) is 5.69 Å². The zero-order chi connectivity index (χ0) is 16.2. The molecule has 0 bridgehead atoms. The number of aryl methyl sites for hydroxylation is 1. The minimum absolute atomic E-state index is 0.110. The van der Waals surface area contributed by atoms with Crippen LogP contribution in [0.15, 0.2) is 36.0 Å². The number of benzene rings is 1. The quantitative estimate of drug-likeness (QED) is 0.408. The molecule has 0 atom stereocenters. The maximum absolute atomic E-state index is 11.4. The van der Waals surface area contributed by atoms with Gasteiger partial charge in [-0.1, -0.05) is 58.1 Å². The van der Waals surface area contributed by atoms with Crippen LogP contribution < -0.4 is 5.32 Å². The standard InChI is InChI=1S/C20H31NO/c1-4-6-7-8-9-11-20(16-17(3)22)21-19-14-12-18(10-5-2)13-15-19/h12-16,21H,4-11H2,1-3H3/b20-16-. The van der Waals surface area contributed by atoms with Gasteiger partial charge in [-0.25, -0.2) is 0 Å². The SMILES string of the molecule is CCCCCCC/C(=C/C(C)=O)Nc1ccc(CCC)cc1. The van der Waals surface area contributed by atoms with Gasteiger partial charge in [0.1, 0.15) is 0 Å². The van der Waals surface area contributed by atoms with E-state index in [-0.39, 0.29) is 5.78 Å². The zero-order valence-corrected chi connectivity index (χ0v) is 14.5. The van der Waals surface area contributed by atoms with E-state index >= 15 is 0 Å². The van der Waals surface area contributed by atoms with Crippen LogP contribution >= 0.6 is 0 Å². The number of allylic oxidation sites excluding steroid dienone is 2. The van der Waals surface area contributed by atoms with E-state index < -0.39 is 0 Å². The summed E-state index contributed by atoms with van der Waals surface area (Å²) in [6.45, 7) is 6.03. The molecule has 22 heavy (non-hydrogen) atoms. The van der Waals surface area contributed by atoms with E-state index in [9.17, 15) is 4.79 Å². The smallest absolute Gasteiger partial charge is 0.154 e. The molecule has 0 saturated heterocycles. The van der Waals surface area contributed by atoms with Crippen molar-refractivity contribution in [2.24, 2.45) is 0 Å². The molecular formula is C20H31NO. The van der Waals surface area contributed by atoms with Gasteiger partial charge < -0.3 is 5.32 Å². The van der Waals surface area contributed by atoms with E-state index in [4.69, 9.17) is 0 Å². The first-order chi connectivity index (χ1) is 10.7. The van der Waals surface area contributed by atoms with Gasteiger partial charge in [-0.3, -0.25) is 4.79 Å². The molecular weight excluding hydrogens is 270 g/mol. The van der Waals surface area contributed by atoms with Gasteiger partial charge in [0.2, 0.25) is 0 Å². The highest BCUT2D eigenvalue weighted by Gasteiger charge is 2.01. The van der Waals surface area contributed by atoms with E-state index in [1.807, 2.05) is 0 Å². The predicted octanol–water partition coefficient (Wildman–Crippen LogP) is 5.88. The van der Waals surface area contributed by atoms with Crippen LogP contribution in [-0.2, 0) is 11.2 Å². The molecule has 0 amide bonds. The van der Waals surface area contributed by atoms with E-state index in [1.54, 1.807) is 13.0 Å². The number of hydrogen-bond acceptors (Lipinski definition) is 2. The summed E-state index contributed by atoms with van der Waals surface area (Å²) < 4.78 is 0. The van der Waals surface area contributed by atoms with E-state index in [0.717, 1.165) is 30.6 Å². The molecule has 1 aromatic rings. The van der Waals surface area contributed by atoms with E-state index in [2.05, 4.69) is 43.4 Å². The summed E-state index contributed by atoms with van der Waals surface area (Å²) in [5, 5.41) is 3.41. The summed E-state index contributed by atoms with van der Waals surface area (Å²) in [6.07, 6.45) is 11.2. The molecule has 2 nitrogen and oxygen atoms in total. The van der Waals surface area contributed by atoms with Gasteiger partial charge in [-0.05, 0) is 43.9 Å². The molecule has 0 aliphatic carbocycles. The third kappa shape index (κ3) is 8.02. The number of rotatable bonds is 11. The van der Waals surface area contributed by atoms with Crippen molar-refractivity contribution in [3.8, 4) is 0 Å². The van der Waals surface area contributed by atoms with Crippen LogP contribution in [0.1, 0.15) is 71.3 Å². The Morgan fingerprint density at radius 3 is 2.27 bits per heavy atom. The number of hydrogen-bond donors (Lipinski definition) is 1. The Morgan fingerprint density at radius 1 is 1.00 bits per heavy atom. The third-order valence-electron chi connectivity index (χ3n) is 3.72. The maximum atomic E-state index is 11.4. The van der Waals surface area contributed by atoms with Crippen molar-refractivity contribution in [2.75, 3.05) is 5.32 Å². The number of unbranched alkanes of at least 4 members (excludes halogenated alkanes) is 4. The minimum Gasteiger partial charge on any atom is -0.359 e. The lowest BCUT2D eigenvalue weighted by Gasteiger charge is -2.11. The summed E-state index contributed by atoms with van der Waals surface area (Å²) in [5.74, 6) is 0.110. The van der Waals surface area contributed by atoms with Gasteiger partial charge in [0.05, 0.1) is 0 Å². The highest BCUT2D eigenvalue weighted by molar-refractivity contribution is 5.88. The lowest BCUT2D eigenvalue weighted by Crippen LogP contribution is -2.02. The largest absolute Gasteiger partial charge is 0.359 e. The average molecular weight is 301 g/mol. The normalized spacial score (nSPS) is 11.5. The molecule has 122 valence electrons. The first-order valence-electron chi connectivity index (χ1n) is 8.72. The first-order valence-corrected chi connectivity index (χ1v) is 8.72. The average Bonchev–Trinajstić information content (AvgIpc) is 2.48. The Balaban J connectivity index is 2.55. The summed E-state index contributed by atoms with van der Waals surface area (Å²) in [6, 6.07) is 8.54. The van der Waals surface area contributed by atoms with Crippen LogP contribution in [0, 0.1) is 0 Å². The van der Waals surface area contributed by atoms with Crippen molar-refractivity contribution in [3.63, 3.8) is 0 Å². The second-order valence-electron chi connectivity index (χ2n) is 6.02. The lowest BCUT2D eigenvalue weighted by molar-refractivity contribution is -0.112. The van der Waals surface area contributed by atoms with Crippen LogP contribution in [0.3, 0.4) is 0 Å². The molecule has 1 rings (SSSR count). The Labute approximate surface area is 136 Å². The fourth-order valence-electron chi connectivity index (χ4n) is 2.56. The summed E-state index contributed by atoms with van der Waals surface area (Å²) in [5.41, 5.74) is 3.47. The van der Waals surface area contributed by atoms with Gasteiger partial charge in [-0.15, -0.1) is 0 Å². The zero-order valence-electron chi connectivity index (χ0n) is 14.5. The Morgan fingerprint density at radius 2 is 1.68 bits per heavy atom. The van der Waals surface area contributed by atoms with Crippen LogP contribution in [0.25, 0.3) is 0 Å². The summed E-state index contributed by atoms with van der Waals surface area (Å²) >= 11 is 0.